The van der Waals surface area contributed by atoms with E-state index in [0.717, 1.165) is 18.0 Å². The molecule has 2 aliphatic rings. The smallest absolute Gasteiger partial charge is 0.276 e. The summed E-state index contributed by atoms with van der Waals surface area (Å²) in [5.41, 5.74) is 0.392. The largest absolute Gasteiger partial charge is 0.442 e. The Morgan fingerprint density at radius 2 is 2.36 bits per heavy atom. The average molecular weight is 319 g/mol. The summed E-state index contributed by atoms with van der Waals surface area (Å²) in [7, 11) is 2.08. The summed E-state index contributed by atoms with van der Waals surface area (Å²) in [5.74, 6) is 0.479. The summed E-state index contributed by atoms with van der Waals surface area (Å²) in [6.07, 6.45) is 1.44. The van der Waals surface area contributed by atoms with Crippen LogP contribution in [0, 0.1) is 0 Å². The van der Waals surface area contributed by atoms with Crippen LogP contribution >= 0.6 is 11.3 Å². The van der Waals surface area contributed by atoms with Gasteiger partial charge in [0.25, 0.3) is 5.91 Å². The average Bonchev–Trinajstić information content (AvgIpc) is 3.25. The van der Waals surface area contributed by atoms with Crippen molar-refractivity contribution in [2.45, 2.75) is 12.1 Å². The minimum absolute atomic E-state index is 0.0800. The highest BCUT2D eigenvalue weighted by molar-refractivity contribution is 7.13. The quantitative estimate of drug-likeness (QED) is 0.841. The van der Waals surface area contributed by atoms with Crippen LogP contribution in [0.2, 0.25) is 0 Å². The minimum atomic E-state index is -0.0800. The second kappa shape index (κ2) is 5.49. The number of hydrogen-bond donors (Lipinski definition) is 0. The van der Waals surface area contributed by atoms with Crippen molar-refractivity contribution in [3.05, 3.63) is 29.6 Å². The fraction of sp³-hybridized carbons (Fsp3) is 0.467. The highest BCUT2D eigenvalue weighted by atomic mass is 32.1. The molecule has 2 aliphatic heterocycles. The summed E-state index contributed by atoms with van der Waals surface area (Å²) < 4.78 is 11.2. The summed E-state index contributed by atoms with van der Waals surface area (Å²) in [6.45, 7) is 2.93. The molecule has 7 heteroatoms. The first-order valence-electron chi connectivity index (χ1n) is 7.32. The number of nitrogens with zero attached hydrogens (tertiary/aromatic N) is 3. The molecule has 2 atom stereocenters. The summed E-state index contributed by atoms with van der Waals surface area (Å²) in [6, 6.07) is 4.14. The van der Waals surface area contributed by atoms with Crippen LogP contribution in [0.1, 0.15) is 10.5 Å². The lowest BCUT2D eigenvalue weighted by molar-refractivity contribution is -0.0368. The summed E-state index contributed by atoms with van der Waals surface area (Å²) in [5, 5.41) is 1.96. The lowest BCUT2D eigenvalue weighted by Gasteiger charge is -2.33. The fourth-order valence-electron chi connectivity index (χ4n) is 3.15. The third-order valence-electron chi connectivity index (χ3n) is 4.38. The van der Waals surface area contributed by atoms with E-state index in [0.29, 0.717) is 24.5 Å². The number of oxazole rings is 1. The second-order valence-corrected chi connectivity index (χ2v) is 6.62. The summed E-state index contributed by atoms with van der Waals surface area (Å²) >= 11 is 1.54. The number of carbonyl (C=O) groups excluding carboxylic acids is 1. The third-order valence-corrected chi connectivity index (χ3v) is 5.25. The van der Waals surface area contributed by atoms with Crippen LogP contribution in [-0.4, -0.2) is 66.1 Å². The zero-order valence-electron chi connectivity index (χ0n) is 12.3. The number of fused-ring (bicyclic) bond motifs is 1. The number of hydrogen-bond acceptors (Lipinski definition) is 6. The Morgan fingerprint density at radius 3 is 3.14 bits per heavy atom. The highest BCUT2D eigenvalue weighted by Crippen LogP contribution is 2.30. The molecule has 116 valence electrons. The molecule has 4 heterocycles. The molecule has 4 rings (SSSR count). The molecule has 0 aliphatic carbocycles. The molecule has 0 saturated carbocycles. The standard InChI is InChI=1S/C15H17N3O3S/c1-17-4-5-20-11-8-18(7-10(11)17)15(19)13-14(21-9-16-13)12-3-2-6-22-12/h2-3,6,9-11H,4-5,7-8H2,1H3/t10-,11+/m0/s1. The van der Waals surface area contributed by atoms with Crippen molar-refractivity contribution >= 4 is 17.2 Å². The van der Waals surface area contributed by atoms with Gasteiger partial charge in [0.2, 0.25) is 0 Å². The molecule has 0 unspecified atom stereocenters. The Morgan fingerprint density at radius 1 is 1.45 bits per heavy atom. The molecule has 0 aromatic carbocycles. The van der Waals surface area contributed by atoms with E-state index in [1.54, 1.807) is 0 Å². The van der Waals surface area contributed by atoms with Gasteiger partial charge in [0.1, 0.15) is 0 Å². The van der Waals surface area contributed by atoms with Gasteiger partial charge >= 0.3 is 0 Å². The number of rotatable bonds is 2. The normalized spacial score (nSPS) is 25.4. The predicted molar refractivity (Wildman–Crippen MR) is 81.9 cm³/mol. The third kappa shape index (κ3) is 2.25. The van der Waals surface area contributed by atoms with Crippen molar-refractivity contribution in [3.8, 4) is 10.6 Å². The van der Waals surface area contributed by atoms with Gasteiger partial charge in [-0.05, 0) is 18.5 Å². The van der Waals surface area contributed by atoms with Crippen LogP contribution in [0.25, 0.3) is 10.6 Å². The molecule has 6 nitrogen and oxygen atoms in total. The van der Waals surface area contributed by atoms with Gasteiger partial charge in [0.15, 0.2) is 17.8 Å². The maximum Gasteiger partial charge on any atom is 0.276 e. The van der Waals surface area contributed by atoms with Gasteiger partial charge in [0, 0.05) is 19.6 Å². The molecule has 0 radical (unpaired) electrons. The van der Waals surface area contributed by atoms with Gasteiger partial charge in [-0.25, -0.2) is 4.98 Å². The van der Waals surface area contributed by atoms with E-state index in [1.807, 2.05) is 22.4 Å². The molecular weight excluding hydrogens is 302 g/mol. The predicted octanol–water partition coefficient (Wildman–Crippen LogP) is 1.56. The SMILES string of the molecule is CN1CCO[C@@H]2CN(C(=O)c3ncoc3-c3cccs3)C[C@@H]21. The van der Waals surface area contributed by atoms with Crippen molar-refractivity contribution in [1.29, 1.82) is 0 Å². The van der Waals surface area contributed by atoms with E-state index < -0.39 is 0 Å². The first-order valence-corrected chi connectivity index (χ1v) is 8.20. The van der Waals surface area contributed by atoms with Gasteiger partial charge in [-0.3, -0.25) is 9.69 Å². The Kier molecular flexibility index (Phi) is 3.48. The van der Waals surface area contributed by atoms with Crippen molar-refractivity contribution in [2.24, 2.45) is 0 Å². The second-order valence-electron chi connectivity index (χ2n) is 5.67. The van der Waals surface area contributed by atoms with E-state index in [2.05, 4.69) is 16.9 Å². The van der Waals surface area contributed by atoms with Crippen molar-refractivity contribution < 1.29 is 13.9 Å². The number of ether oxygens (including phenoxy) is 1. The molecule has 2 fully saturated rings. The van der Waals surface area contributed by atoms with E-state index in [1.165, 1.54) is 17.7 Å². The van der Waals surface area contributed by atoms with Crippen LogP contribution in [-0.2, 0) is 4.74 Å². The number of morpholine rings is 1. The van der Waals surface area contributed by atoms with Gasteiger partial charge in [-0.15, -0.1) is 11.3 Å². The minimum Gasteiger partial charge on any atom is -0.442 e. The topological polar surface area (TPSA) is 58.8 Å². The Bertz CT molecular complexity index is 669. The van der Waals surface area contributed by atoms with Gasteiger partial charge in [-0.2, -0.15) is 0 Å². The first-order chi connectivity index (χ1) is 10.7. The number of amides is 1. The molecule has 0 spiro atoms. The van der Waals surface area contributed by atoms with E-state index in [4.69, 9.17) is 9.15 Å². The number of likely N-dealkylation sites (N-methyl/N-ethyl adjacent to an activating group) is 1. The molecule has 2 aromatic heterocycles. The van der Waals surface area contributed by atoms with Gasteiger partial charge < -0.3 is 14.1 Å². The Hall–Kier alpha value is -1.70. The molecule has 2 saturated heterocycles. The number of likely N-dealkylation sites (tertiary alicyclic amines) is 1. The zero-order valence-corrected chi connectivity index (χ0v) is 13.1. The molecule has 0 N–H and O–H groups in total. The van der Waals surface area contributed by atoms with Crippen LogP contribution < -0.4 is 0 Å². The Balaban J connectivity index is 1.57. The zero-order chi connectivity index (χ0) is 15.1. The van der Waals surface area contributed by atoms with Crippen molar-refractivity contribution in [2.75, 3.05) is 33.3 Å². The van der Waals surface area contributed by atoms with Gasteiger partial charge in [-0.1, -0.05) is 6.07 Å². The molecule has 1 amide bonds. The number of carbonyl (C=O) groups is 1. The fourth-order valence-corrected chi connectivity index (χ4v) is 3.87. The van der Waals surface area contributed by atoms with E-state index in [9.17, 15) is 4.79 Å². The van der Waals surface area contributed by atoms with Crippen LogP contribution in [0.5, 0.6) is 0 Å². The Labute approximate surface area is 132 Å². The summed E-state index contributed by atoms with van der Waals surface area (Å²) in [4.78, 5) is 22.0. The van der Waals surface area contributed by atoms with Gasteiger partial charge in [0.05, 0.1) is 23.6 Å². The maximum atomic E-state index is 12.8. The number of aromatic nitrogens is 1. The highest BCUT2D eigenvalue weighted by Gasteiger charge is 2.41. The molecule has 2 aromatic rings. The monoisotopic (exact) mass is 319 g/mol. The van der Waals surface area contributed by atoms with Crippen molar-refractivity contribution in [1.82, 2.24) is 14.8 Å². The molecule has 0 bridgehead atoms. The lowest BCUT2D eigenvalue weighted by Crippen LogP contribution is -2.48. The van der Waals surface area contributed by atoms with Crippen LogP contribution in [0.3, 0.4) is 0 Å². The van der Waals surface area contributed by atoms with Crippen molar-refractivity contribution in [3.63, 3.8) is 0 Å². The number of thiophene rings is 1. The van der Waals surface area contributed by atoms with E-state index >= 15 is 0 Å². The van der Waals surface area contributed by atoms with E-state index in [-0.39, 0.29) is 18.1 Å². The lowest BCUT2D eigenvalue weighted by atomic mass is 10.1. The van der Waals surface area contributed by atoms with Crippen LogP contribution in [0.15, 0.2) is 28.3 Å². The molecular formula is C15H17N3O3S. The van der Waals surface area contributed by atoms with Crippen LogP contribution in [0.4, 0.5) is 0 Å². The first kappa shape index (κ1) is 13.9. The molecule has 22 heavy (non-hydrogen) atoms. The maximum absolute atomic E-state index is 12.8.